The molecule has 0 amide bonds. The topological polar surface area (TPSA) is 78.9 Å². The Labute approximate surface area is 393 Å². The minimum absolute atomic E-state index is 0.0617. The standard InChI is InChI=1S/C57H110O6/c1-4-7-10-13-16-19-21-23-25-26-27-28-29-30-31-33-34-36-38-41-44-47-50-56(59)62-53-54(52-61-55(58)49-46-43-40-18-15-12-9-6-3)63-57(60)51-48-45-42-39-37-35-32-24-22-20-17-14-11-8-5-2/h54H,4-53H2,1-3H3. The smallest absolute Gasteiger partial charge is 0.306 e. The van der Waals surface area contributed by atoms with Crippen LogP contribution in [0.25, 0.3) is 0 Å². The molecule has 0 radical (unpaired) electrons. The van der Waals surface area contributed by atoms with Crippen LogP contribution in [0.3, 0.4) is 0 Å². The molecule has 374 valence electrons. The number of hydrogen-bond acceptors (Lipinski definition) is 6. The zero-order chi connectivity index (χ0) is 45.8. The quantitative estimate of drug-likeness (QED) is 0.0344. The Balaban J connectivity index is 4.13. The lowest BCUT2D eigenvalue weighted by Crippen LogP contribution is -2.30. The van der Waals surface area contributed by atoms with Crippen LogP contribution in [0.2, 0.25) is 0 Å². The first-order valence-corrected chi connectivity index (χ1v) is 28.5. The molecule has 0 aromatic heterocycles. The molecule has 0 aliphatic carbocycles. The van der Waals surface area contributed by atoms with E-state index in [0.29, 0.717) is 19.3 Å². The molecule has 0 spiro atoms. The van der Waals surface area contributed by atoms with E-state index in [9.17, 15) is 14.4 Å². The van der Waals surface area contributed by atoms with Crippen LogP contribution >= 0.6 is 0 Å². The van der Waals surface area contributed by atoms with Crippen LogP contribution in [-0.4, -0.2) is 37.2 Å². The van der Waals surface area contributed by atoms with Gasteiger partial charge in [0.15, 0.2) is 6.10 Å². The lowest BCUT2D eigenvalue weighted by atomic mass is 10.0. The average molecular weight is 892 g/mol. The molecule has 0 bridgehead atoms. The molecule has 0 N–H and O–H groups in total. The summed E-state index contributed by atoms with van der Waals surface area (Å²) in [5, 5.41) is 0. The van der Waals surface area contributed by atoms with E-state index in [0.717, 1.165) is 57.8 Å². The van der Waals surface area contributed by atoms with Gasteiger partial charge in [-0.3, -0.25) is 14.4 Å². The van der Waals surface area contributed by atoms with Crippen LogP contribution in [0.15, 0.2) is 0 Å². The van der Waals surface area contributed by atoms with Crippen molar-refractivity contribution in [1.82, 2.24) is 0 Å². The van der Waals surface area contributed by atoms with Crippen molar-refractivity contribution in [3.05, 3.63) is 0 Å². The molecular formula is C57H110O6. The summed E-state index contributed by atoms with van der Waals surface area (Å²) >= 11 is 0. The second-order valence-electron chi connectivity index (χ2n) is 19.6. The van der Waals surface area contributed by atoms with Gasteiger partial charge in [-0.25, -0.2) is 0 Å². The van der Waals surface area contributed by atoms with Gasteiger partial charge in [-0.05, 0) is 19.3 Å². The molecule has 0 saturated heterocycles. The molecular weight excluding hydrogens is 781 g/mol. The molecule has 63 heavy (non-hydrogen) atoms. The van der Waals surface area contributed by atoms with Crippen molar-refractivity contribution >= 4 is 17.9 Å². The van der Waals surface area contributed by atoms with E-state index >= 15 is 0 Å². The summed E-state index contributed by atoms with van der Waals surface area (Å²) in [5.41, 5.74) is 0. The SMILES string of the molecule is CCCCCCCCCCCCCCCCCCCCCCCCC(=O)OCC(COC(=O)CCCCCCCCCC)OC(=O)CCCCCCCCCCCCCCCCC. The molecule has 0 aromatic carbocycles. The maximum Gasteiger partial charge on any atom is 0.306 e. The van der Waals surface area contributed by atoms with Gasteiger partial charge in [0.2, 0.25) is 0 Å². The Kier molecular flexibility index (Phi) is 51.7. The molecule has 0 fully saturated rings. The third-order valence-corrected chi connectivity index (χ3v) is 13.1. The molecule has 0 aromatic rings. The zero-order valence-corrected chi connectivity index (χ0v) is 42.9. The summed E-state index contributed by atoms with van der Waals surface area (Å²) < 4.78 is 16.8. The van der Waals surface area contributed by atoms with Crippen molar-refractivity contribution in [3.8, 4) is 0 Å². The number of esters is 3. The molecule has 0 aliphatic heterocycles. The summed E-state index contributed by atoms with van der Waals surface area (Å²) in [6, 6.07) is 0. The van der Waals surface area contributed by atoms with Gasteiger partial charge in [-0.2, -0.15) is 0 Å². The van der Waals surface area contributed by atoms with Gasteiger partial charge in [0.1, 0.15) is 13.2 Å². The molecule has 0 aliphatic rings. The first kappa shape index (κ1) is 61.4. The van der Waals surface area contributed by atoms with Gasteiger partial charge in [0, 0.05) is 19.3 Å². The van der Waals surface area contributed by atoms with Crippen molar-refractivity contribution < 1.29 is 28.6 Å². The maximum absolute atomic E-state index is 12.8. The minimum atomic E-state index is -0.759. The Morgan fingerprint density at radius 1 is 0.254 bits per heavy atom. The predicted octanol–water partition coefficient (Wildman–Crippen LogP) is 18.8. The van der Waals surface area contributed by atoms with Crippen LogP contribution in [0, 0.1) is 0 Å². The van der Waals surface area contributed by atoms with E-state index in [4.69, 9.17) is 14.2 Å². The normalized spacial score (nSPS) is 11.9. The first-order chi connectivity index (χ1) is 31.0. The minimum Gasteiger partial charge on any atom is -0.462 e. The number of carbonyl (C=O) groups excluding carboxylic acids is 3. The van der Waals surface area contributed by atoms with Gasteiger partial charge in [-0.1, -0.05) is 290 Å². The van der Waals surface area contributed by atoms with Crippen LogP contribution in [0.1, 0.15) is 329 Å². The molecule has 0 rings (SSSR count). The Morgan fingerprint density at radius 3 is 0.635 bits per heavy atom. The fourth-order valence-electron chi connectivity index (χ4n) is 8.80. The molecule has 6 heteroatoms. The van der Waals surface area contributed by atoms with E-state index in [1.165, 1.54) is 231 Å². The third-order valence-electron chi connectivity index (χ3n) is 13.1. The average Bonchev–Trinajstić information content (AvgIpc) is 3.28. The Hall–Kier alpha value is -1.59. The van der Waals surface area contributed by atoms with Crippen molar-refractivity contribution in [2.24, 2.45) is 0 Å². The van der Waals surface area contributed by atoms with Crippen LogP contribution in [0.5, 0.6) is 0 Å². The third kappa shape index (κ3) is 51.3. The zero-order valence-electron chi connectivity index (χ0n) is 42.9. The van der Waals surface area contributed by atoms with Crippen molar-refractivity contribution in [1.29, 1.82) is 0 Å². The maximum atomic E-state index is 12.8. The lowest BCUT2D eigenvalue weighted by Gasteiger charge is -2.18. The summed E-state index contributed by atoms with van der Waals surface area (Å²) in [4.78, 5) is 37.9. The number of rotatable bonds is 53. The van der Waals surface area contributed by atoms with Gasteiger partial charge < -0.3 is 14.2 Å². The van der Waals surface area contributed by atoms with Gasteiger partial charge >= 0.3 is 17.9 Å². The summed E-state index contributed by atoms with van der Waals surface area (Å²) in [7, 11) is 0. The van der Waals surface area contributed by atoms with Gasteiger partial charge in [-0.15, -0.1) is 0 Å². The van der Waals surface area contributed by atoms with E-state index in [-0.39, 0.29) is 31.1 Å². The van der Waals surface area contributed by atoms with Crippen molar-refractivity contribution in [3.63, 3.8) is 0 Å². The predicted molar refractivity (Wildman–Crippen MR) is 270 cm³/mol. The molecule has 0 heterocycles. The summed E-state index contributed by atoms with van der Waals surface area (Å²) in [6.45, 7) is 6.67. The Bertz CT molecular complexity index is 936. The molecule has 0 saturated carbocycles. The molecule has 1 atom stereocenters. The van der Waals surface area contributed by atoms with Gasteiger partial charge in [0.05, 0.1) is 0 Å². The fraction of sp³-hybridized carbons (Fsp3) is 0.947. The highest BCUT2D eigenvalue weighted by molar-refractivity contribution is 5.71. The second kappa shape index (κ2) is 53.0. The highest BCUT2D eigenvalue weighted by Gasteiger charge is 2.19. The summed E-state index contributed by atoms with van der Waals surface area (Å²) in [5.74, 6) is -0.841. The van der Waals surface area contributed by atoms with Crippen LogP contribution in [0.4, 0.5) is 0 Å². The highest BCUT2D eigenvalue weighted by Crippen LogP contribution is 2.18. The van der Waals surface area contributed by atoms with Gasteiger partial charge in [0.25, 0.3) is 0 Å². The van der Waals surface area contributed by atoms with E-state index in [1.807, 2.05) is 0 Å². The number of unbranched alkanes of at least 4 members (excludes halogenated alkanes) is 42. The van der Waals surface area contributed by atoms with E-state index in [1.54, 1.807) is 0 Å². The monoisotopic (exact) mass is 891 g/mol. The Morgan fingerprint density at radius 2 is 0.429 bits per heavy atom. The largest absolute Gasteiger partial charge is 0.462 e. The second-order valence-corrected chi connectivity index (χ2v) is 19.6. The molecule has 6 nitrogen and oxygen atoms in total. The fourth-order valence-corrected chi connectivity index (χ4v) is 8.80. The van der Waals surface area contributed by atoms with Crippen LogP contribution in [-0.2, 0) is 28.6 Å². The highest BCUT2D eigenvalue weighted by atomic mass is 16.6. The number of hydrogen-bond donors (Lipinski definition) is 0. The van der Waals surface area contributed by atoms with Crippen LogP contribution < -0.4 is 0 Å². The van der Waals surface area contributed by atoms with E-state index in [2.05, 4.69) is 20.8 Å². The number of ether oxygens (including phenoxy) is 3. The van der Waals surface area contributed by atoms with E-state index < -0.39 is 6.10 Å². The first-order valence-electron chi connectivity index (χ1n) is 28.5. The van der Waals surface area contributed by atoms with Crippen molar-refractivity contribution in [2.75, 3.05) is 13.2 Å². The molecule has 1 unspecified atom stereocenters. The van der Waals surface area contributed by atoms with Crippen molar-refractivity contribution in [2.45, 2.75) is 335 Å². The summed E-state index contributed by atoms with van der Waals surface area (Å²) in [6.07, 6.45) is 58.3. The number of carbonyl (C=O) groups is 3. The lowest BCUT2D eigenvalue weighted by molar-refractivity contribution is -0.167.